The molecule has 2 nitrogen and oxygen atoms in total. The third-order valence-electron chi connectivity index (χ3n) is 2.66. The van der Waals surface area contributed by atoms with Crippen LogP contribution in [0.2, 0.25) is 0 Å². The summed E-state index contributed by atoms with van der Waals surface area (Å²) in [7, 11) is 0. The first-order valence-corrected chi connectivity index (χ1v) is 4.48. The summed E-state index contributed by atoms with van der Waals surface area (Å²) in [6.45, 7) is 6.37. The van der Waals surface area contributed by atoms with Crippen molar-refractivity contribution in [2.24, 2.45) is 5.92 Å². The molecule has 0 amide bonds. The molecule has 12 heavy (non-hydrogen) atoms. The fraction of sp³-hybridized carbons (Fsp3) is 0.700. The molecule has 2 heteroatoms. The highest BCUT2D eigenvalue weighted by atomic mass is 16.5. The Morgan fingerprint density at radius 3 is 2.75 bits per heavy atom. The highest BCUT2D eigenvalue weighted by molar-refractivity contribution is 5.63. The first kappa shape index (κ1) is 9.46. The van der Waals surface area contributed by atoms with Crippen LogP contribution < -0.4 is 0 Å². The summed E-state index contributed by atoms with van der Waals surface area (Å²) < 4.78 is 5.53. The molecule has 0 radical (unpaired) electrons. The first-order chi connectivity index (χ1) is 5.75. The van der Waals surface area contributed by atoms with Gasteiger partial charge in [0.15, 0.2) is 6.29 Å². The predicted octanol–water partition coefficient (Wildman–Crippen LogP) is 1.95. The number of rotatable bonds is 3. The lowest BCUT2D eigenvalue weighted by atomic mass is 9.84. The van der Waals surface area contributed by atoms with E-state index in [9.17, 15) is 4.79 Å². The summed E-state index contributed by atoms with van der Waals surface area (Å²) in [6.07, 6.45) is 5.72. The first-order valence-electron chi connectivity index (χ1n) is 4.48. The second-order valence-corrected chi connectivity index (χ2v) is 3.40. The van der Waals surface area contributed by atoms with Gasteiger partial charge in [-0.2, -0.15) is 0 Å². The lowest BCUT2D eigenvalue weighted by molar-refractivity contribution is -0.143. The van der Waals surface area contributed by atoms with Gasteiger partial charge in [-0.1, -0.05) is 13.0 Å². The van der Waals surface area contributed by atoms with Crippen LogP contribution in [0.3, 0.4) is 0 Å². The van der Waals surface area contributed by atoms with E-state index >= 15 is 0 Å². The van der Waals surface area contributed by atoms with Crippen LogP contribution >= 0.6 is 0 Å². The van der Waals surface area contributed by atoms with Gasteiger partial charge in [0.05, 0.1) is 0 Å². The molecular formula is C10H16O2. The van der Waals surface area contributed by atoms with Crippen molar-refractivity contribution >= 4 is 6.29 Å². The molecule has 1 aliphatic heterocycles. The number of aldehydes is 1. The number of hydrogen-bond acceptors (Lipinski definition) is 2. The molecule has 0 bridgehead atoms. The fourth-order valence-corrected chi connectivity index (χ4v) is 1.60. The van der Waals surface area contributed by atoms with Crippen LogP contribution in [-0.4, -0.2) is 18.5 Å². The van der Waals surface area contributed by atoms with Gasteiger partial charge in [0, 0.05) is 12.5 Å². The Labute approximate surface area is 73.6 Å². The van der Waals surface area contributed by atoms with Crippen LogP contribution in [0.15, 0.2) is 12.7 Å². The van der Waals surface area contributed by atoms with Gasteiger partial charge in [-0.15, -0.1) is 6.58 Å². The van der Waals surface area contributed by atoms with Crippen molar-refractivity contribution in [3.05, 3.63) is 12.7 Å². The number of hydrogen-bond donors (Lipinski definition) is 0. The zero-order chi connectivity index (χ0) is 9.03. The molecule has 0 N–H and O–H groups in total. The minimum atomic E-state index is -0.569. The molecule has 0 saturated carbocycles. The SMILES string of the molecule is C=CC(C)C1(C=O)CCCCO1. The van der Waals surface area contributed by atoms with Crippen molar-refractivity contribution < 1.29 is 9.53 Å². The minimum absolute atomic E-state index is 0.121. The van der Waals surface area contributed by atoms with Crippen molar-refractivity contribution in [2.75, 3.05) is 6.61 Å². The topological polar surface area (TPSA) is 26.3 Å². The molecule has 1 rings (SSSR count). The second kappa shape index (κ2) is 3.85. The second-order valence-electron chi connectivity index (χ2n) is 3.40. The smallest absolute Gasteiger partial charge is 0.152 e. The molecule has 1 heterocycles. The molecule has 0 spiro atoms. The molecule has 2 unspecified atom stereocenters. The van der Waals surface area contributed by atoms with E-state index in [1.807, 2.05) is 6.92 Å². The highest BCUT2D eigenvalue weighted by Gasteiger charge is 2.36. The predicted molar refractivity (Wildman–Crippen MR) is 48.0 cm³/mol. The number of ether oxygens (including phenoxy) is 1. The van der Waals surface area contributed by atoms with Crippen molar-refractivity contribution in [3.8, 4) is 0 Å². The van der Waals surface area contributed by atoms with Crippen molar-refractivity contribution in [1.29, 1.82) is 0 Å². The maximum absolute atomic E-state index is 10.9. The van der Waals surface area contributed by atoms with Crippen molar-refractivity contribution in [2.45, 2.75) is 31.8 Å². The molecule has 0 aromatic heterocycles. The maximum Gasteiger partial charge on any atom is 0.152 e. The maximum atomic E-state index is 10.9. The van der Waals surface area contributed by atoms with E-state index in [0.717, 1.165) is 25.5 Å². The van der Waals surface area contributed by atoms with Crippen molar-refractivity contribution in [3.63, 3.8) is 0 Å². The van der Waals surface area contributed by atoms with E-state index in [1.165, 1.54) is 0 Å². The molecule has 0 aliphatic carbocycles. The zero-order valence-electron chi connectivity index (χ0n) is 7.58. The third-order valence-corrected chi connectivity index (χ3v) is 2.66. The van der Waals surface area contributed by atoms with Crippen LogP contribution in [-0.2, 0) is 9.53 Å². The largest absolute Gasteiger partial charge is 0.367 e. The van der Waals surface area contributed by atoms with Crippen LogP contribution in [0.25, 0.3) is 0 Å². The number of carbonyl (C=O) groups excluding carboxylic acids is 1. The average molecular weight is 168 g/mol. The van der Waals surface area contributed by atoms with E-state index in [2.05, 4.69) is 6.58 Å². The molecule has 0 aromatic rings. The standard InChI is InChI=1S/C10H16O2/c1-3-9(2)10(8-11)6-4-5-7-12-10/h3,8-9H,1,4-7H2,2H3. The van der Waals surface area contributed by atoms with Crippen LogP contribution in [0.1, 0.15) is 26.2 Å². The van der Waals surface area contributed by atoms with E-state index in [-0.39, 0.29) is 5.92 Å². The fourth-order valence-electron chi connectivity index (χ4n) is 1.60. The van der Waals surface area contributed by atoms with E-state index < -0.39 is 5.60 Å². The Hall–Kier alpha value is -0.630. The summed E-state index contributed by atoms with van der Waals surface area (Å²) in [5, 5.41) is 0. The third kappa shape index (κ3) is 1.58. The Bertz CT molecular complexity index is 169. The normalized spacial score (nSPS) is 32.4. The van der Waals surface area contributed by atoms with E-state index in [4.69, 9.17) is 4.74 Å². The van der Waals surface area contributed by atoms with Gasteiger partial charge in [0.25, 0.3) is 0 Å². The minimum Gasteiger partial charge on any atom is -0.367 e. The van der Waals surface area contributed by atoms with Gasteiger partial charge in [-0.3, -0.25) is 0 Å². The molecule has 2 atom stereocenters. The Morgan fingerprint density at radius 2 is 2.33 bits per heavy atom. The van der Waals surface area contributed by atoms with E-state index in [0.29, 0.717) is 6.61 Å². The molecule has 1 aliphatic rings. The van der Waals surface area contributed by atoms with Gasteiger partial charge < -0.3 is 9.53 Å². The lowest BCUT2D eigenvalue weighted by Crippen LogP contribution is -2.43. The van der Waals surface area contributed by atoms with E-state index in [1.54, 1.807) is 6.08 Å². The lowest BCUT2D eigenvalue weighted by Gasteiger charge is -2.35. The summed E-state index contributed by atoms with van der Waals surface area (Å²) in [4.78, 5) is 10.9. The number of carbonyl (C=O) groups is 1. The molecule has 68 valence electrons. The monoisotopic (exact) mass is 168 g/mol. The van der Waals surface area contributed by atoms with Gasteiger partial charge in [-0.25, -0.2) is 0 Å². The summed E-state index contributed by atoms with van der Waals surface area (Å²) in [5.74, 6) is 0.121. The zero-order valence-corrected chi connectivity index (χ0v) is 7.58. The van der Waals surface area contributed by atoms with Gasteiger partial charge >= 0.3 is 0 Å². The Balaban J connectivity index is 2.71. The van der Waals surface area contributed by atoms with Crippen molar-refractivity contribution in [1.82, 2.24) is 0 Å². The summed E-state index contributed by atoms with van der Waals surface area (Å²) >= 11 is 0. The Morgan fingerprint density at radius 1 is 1.58 bits per heavy atom. The van der Waals surface area contributed by atoms with Crippen LogP contribution in [0.4, 0.5) is 0 Å². The van der Waals surface area contributed by atoms with Gasteiger partial charge in [0.2, 0.25) is 0 Å². The molecular weight excluding hydrogens is 152 g/mol. The molecule has 1 fully saturated rings. The van der Waals surface area contributed by atoms with Crippen LogP contribution in [0, 0.1) is 5.92 Å². The molecule has 1 saturated heterocycles. The Kier molecular flexibility index (Phi) is 3.04. The summed E-state index contributed by atoms with van der Waals surface area (Å²) in [5.41, 5.74) is -0.569. The molecule has 0 aromatic carbocycles. The average Bonchev–Trinajstić information content (AvgIpc) is 2.17. The quantitative estimate of drug-likeness (QED) is 0.475. The van der Waals surface area contributed by atoms with Crippen LogP contribution in [0.5, 0.6) is 0 Å². The summed E-state index contributed by atoms with van der Waals surface area (Å²) in [6, 6.07) is 0. The van der Waals surface area contributed by atoms with Gasteiger partial charge in [0.1, 0.15) is 5.60 Å². The highest BCUT2D eigenvalue weighted by Crippen LogP contribution is 2.30. The van der Waals surface area contributed by atoms with Gasteiger partial charge in [-0.05, 0) is 19.3 Å².